The van der Waals surface area contributed by atoms with E-state index in [0.717, 1.165) is 56.6 Å². The molecule has 0 radical (unpaired) electrons. The lowest BCUT2D eigenvalue weighted by molar-refractivity contribution is -0.127. The average Bonchev–Trinajstić information content (AvgIpc) is 2.87. The second kappa shape index (κ2) is 7.79. The first-order valence-electron chi connectivity index (χ1n) is 8.85. The van der Waals surface area contributed by atoms with E-state index in [-0.39, 0.29) is 24.2 Å². The second-order valence-corrected chi connectivity index (χ2v) is 6.71. The number of hydrogen-bond acceptors (Lipinski definition) is 4. The Balaban J connectivity index is 1.45. The molecule has 7 nitrogen and oxygen atoms in total. The van der Waals surface area contributed by atoms with Crippen molar-refractivity contribution in [1.82, 2.24) is 15.5 Å². The lowest BCUT2D eigenvalue weighted by Gasteiger charge is -2.23. The number of anilines is 1. The summed E-state index contributed by atoms with van der Waals surface area (Å²) in [6, 6.07) is 0. The number of nitrogens with zero attached hydrogens (tertiary/aromatic N) is 1. The van der Waals surface area contributed by atoms with Crippen LogP contribution < -0.4 is 10.6 Å². The monoisotopic (exact) mass is 334 g/mol. The molecule has 1 aromatic heterocycles. The number of ether oxygens (including phenoxy) is 1. The third-order valence-corrected chi connectivity index (χ3v) is 5.06. The molecule has 7 heteroatoms. The van der Waals surface area contributed by atoms with E-state index in [2.05, 4.69) is 20.8 Å². The van der Waals surface area contributed by atoms with Gasteiger partial charge in [-0.1, -0.05) is 6.42 Å². The number of rotatable bonds is 6. The molecule has 24 heavy (non-hydrogen) atoms. The Hall–Kier alpha value is -1.89. The summed E-state index contributed by atoms with van der Waals surface area (Å²) in [4.78, 5) is 23.8. The minimum absolute atomic E-state index is 0.0757. The van der Waals surface area contributed by atoms with Crippen LogP contribution in [0.3, 0.4) is 0 Å². The summed E-state index contributed by atoms with van der Waals surface area (Å²) in [5, 5.41) is 13.0. The molecule has 1 aliphatic heterocycles. The lowest BCUT2D eigenvalue weighted by Crippen LogP contribution is -2.36. The molecule has 1 aromatic rings. The highest BCUT2D eigenvalue weighted by molar-refractivity contribution is 5.91. The molecule has 2 amide bonds. The second-order valence-electron chi connectivity index (χ2n) is 6.71. The highest BCUT2D eigenvalue weighted by Gasteiger charge is 2.25. The van der Waals surface area contributed by atoms with Crippen LogP contribution in [-0.2, 0) is 14.3 Å². The molecule has 0 aromatic carbocycles. The number of nitrogens with one attached hydrogen (secondary N) is 3. The van der Waals surface area contributed by atoms with Gasteiger partial charge < -0.3 is 15.4 Å². The highest BCUT2D eigenvalue weighted by atomic mass is 16.5. The fraction of sp³-hybridized carbons (Fsp3) is 0.706. The zero-order valence-electron chi connectivity index (χ0n) is 14.2. The van der Waals surface area contributed by atoms with Crippen LogP contribution in [0, 0.1) is 12.8 Å². The van der Waals surface area contributed by atoms with Crippen LogP contribution >= 0.6 is 0 Å². The molecule has 3 rings (SSSR count). The Labute approximate surface area is 141 Å². The maximum absolute atomic E-state index is 12.0. The maximum atomic E-state index is 12.0. The Bertz CT molecular complexity index is 589. The minimum atomic E-state index is -0.128. The molecule has 0 atom stereocenters. The van der Waals surface area contributed by atoms with Crippen molar-refractivity contribution in [3.63, 3.8) is 0 Å². The number of aromatic nitrogens is 2. The smallest absolute Gasteiger partial charge is 0.227 e. The molecule has 1 saturated carbocycles. The molecule has 2 heterocycles. The SMILES string of the molecule is Cc1c(NC(=O)CCNC(=O)C2CCC2)n[nH]c1C1CCOCC1. The van der Waals surface area contributed by atoms with Crippen LogP contribution in [0.15, 0.2) is 0 Å². The molecular weight excluding hydrogens is 308 g/mol. The topological polar surface area (TPSA) is 96.1 Å². The Morgan fingerprint density at radius 2 is 2.00 bits per heavy atom. The highest BCUT2D eigenvalue weighted by Crippen LogP contribution is 2.30. The predicted octanol–water partition coefficient (Wildman–Crippen LogP) is 1.86. The van der Waals surface area contributed by atoms with Crippen molar-refractivity contribution >= 4 is 17.6 Å². The lowest BCUT2D eigenvalue weighted by atomic mass is 9.85. The van der Waals surface area contributed by atoms with E-state index in [1.165, 1.54) is 0 Å². The molecule has 0 bridgehead atoms. The Morgan fingerprint density at radius 3 is 2.67 bits per heavy atom. The van der Waals surface area contributed by atoms with Gasteiger partial charge in [0.2, 0.25) is 11.8 Å². The summed E-state index contributed by atoms with van der Waals surface area (Å²) in [5.41, 5.74) is 2.08. The van der Waals surface area contributed by atoms with Crippen molar-refractivity contribution in [3.05, 3.63) is 11.3 Å². The fourth-order valence-corrected chi connectivity index (χ4v) is 3.23. The van der Waals surface area contributed by atoms with Crippen LogP contribution in [0.4, 0.5) is 5.82 Å². The van der Waals surface area contributed by atoms with Gasteiger partial charge in [-0.15, -0.1) is 0 Å². The van der Waals surface area contributed by atoms with Gasteiger partial charge in [-0.3, -0.25) is 14.7 Å². The van der Waals surface area contributed by atoms with Crippen molar-refractivity contribution in [1.29, 1.82) is 0 Å². The van der Waals surface area contributed by atoms with Gasteiger partial charge in [0, 0.05) is 49.3 Å². The van der Waals surface area contributed by atoms with Crippen molar-refractivity contribution in [3.8, 4) is 0 Å². The fourth-order valence-electron chi connectivity index (χ4n) is 3.23. The Morgan fingerprint density at radius 1 is 1.25 bits per heavy atom. The third-order valence-electron chi connectivity index (χ3n) is 5.06. The van der Waals surface area contributed by atoms with E-state index in [1.807, 2.05) is 6.92 Å². The standard InChI is InChI=1S/C17H26N4O3/c1-11-15(12-6-9-24-10-7-12)20-21-16(11)19-14(22)5-8-18-17(23)13-3-2-4-13/h12-13H,2-10H2,1H3,(H,18,23)(H2,19,20,21,22). The molecule has 1 aliphatic carbocycles. The van der Waals surface area contributed by atoms with Crippen molar-refractivity contribution in [2.45, 2.75) is 51.4 Å². The minimum Gasteiger partial charge on any atom is -0.381 e. The number of carbonyl (C=O) groups is 2. The van der Waals surface area contributed by atoms with Gasteiger partial charge in [0.1, 0.15) is 0 Å². The molecule has 0 unspecified atom stereocenters. The summed E-state index contributed by atoms with van der Waals surface area (Å²) in [6.45, 7) is 3.89. The van der Waals surface area contributed by atoms with E-state index in [1.54, 1.807) is 0 Å². The summed E-state index contributed by atoms with van der Waals surface area (Å²) in [5.74, 6) is 1.11. The van der Waals surface area contributed by atoms with Gasteiger partial charge in [0.25, 0.3) is 0 Å². The van der Waals surface area contributed by atoms with Crippen LogP contribution in [0.5, 0.6) is 0 Å². The van der Waals surface area contributed by atoms with E-state index < -0.39 is 0 Å². The van der Waals surface area contributed by atoms with Crippen molar-refractivity contribution in [2.75, 3.05) is 25.1 Å². The molecule has 132 valence electrons. The first kappa shape index (κ1) is 17.0. The molecule has 2 aliphatic rings. The number of carbonyl (C=O) groups excluding carboxylic acids is 2. The first-order chi connectivity index (χ1) is 11.6. The quantitative estimate of drug-likeness (QED) is 0.740. The van der Waals surface area contributed by atoms with E-state index in [9.17, 15) is 9.59 Å². The predicted molar refractivity (Wildman–Crippen MR) is 89.7 cm³/mol. The molecule has 2 fully saturated rings. The van der Waals surface area contributed by atoms with Gasteiger partial charge in [-0.25, -0.2) is 0 Å². The maximum Gasteiger partial charge on any atom is 0.227 e. The van der Waals surface area contributed by atoms with Crippen molar-refractivity contribution < 1.29 is 14.3 Å². The summed E-state index contributed by atoms with van der Waals surface area (Å²) in [7, 11) is 0. The van der Waals surface area contributed by atoms with Gasteiger partial charge in [0.05, 0.1) is 0 Å². The first-order valence-corrected chi connectivity index (χ1v) is 8.85. The molecule has 1 saturated heterocycles. The third kappa shape index (κ3) is 3.95. The molecule has 0 spiro atoms. The number of H-pyrrole nitrogens is 1. The molecular formula is C17H26N4O3. The zero-order valence-corrected chi connectivity index (χ0v) is 14.2. The van der Waals surface area contributed by atoms with E-state index >= 15 is 0 Å². The Kier molecular flexibility index (Phi) is 5.50. The number of amides is 2. The normalized spacial score (nSPS) is 18.9. The van der Waals surface area contributed by atoms with Crippen LogP contribution in [0.25, 0.3) is 0 Å². The van der Waals surface area contributed by atoms with Crippen LogP contribution in [-0.4, -0.2) is 41.8 Å². The van der Waals surface area contributed by atoms with Gasteiger partial charge in [-0.05, 0) is 32.6 Å². The van der Waals surface area contributed by atoms with Crippen LogP contribution in [0.1, 0.15) is 55.7 Å². The summed E-state index contributed by atoms with van der Waals surface area (Å²) < 4.78 is 5.39. The molecule has 3 N–H and O–H groups in total. The summed E-state index contributed by atoms with van der Waals surface area (Å²) in [6.07, 6.45) is 5.29. The van der Waals surface area contributed by atoms with Crippen molar-refractivity contribution in [2.24, 2.45) is 5.92 Å². The van der Waals surface area contributed by atoms with Gasteiger partial charge in [-0.2, -0.15) is 5.10 Å². The average molecular weight is 334 g/mol. The summed E-state index contributed by atoms with van der Waals surface area (Å²) >= 11 is 0. The van der Waals surface area contributed by atoms with E-state index in [0.29, 0.717) is 18.3 Å². The largest absolute Gasteiger partial charge is 0.381 e. The van der Waals surface area contributed by atoms with Gasteiger partial charge in [0.15, 0.2) is 5.82 Å². The zero-order chi connectivity index (χ0) is 16.9. The number of aromatic amines is 1. The van der Waals surface area contributed by atoms with Crippen LogP contribution in [0.2, 0.25) is 0 Å². The van der Waals surface area contributed by atoms with E-state index in [4.69, 9.17) is 4.74 Å². The van der Waals surface area contributed by atoms with Gasteiger partial charge >= 0.3 is 0 Å². The number of hydrogen-bond donors (Lipinski definition) is 3.